The molecule has 0 saturated carbocycles. The number of piperidine rings is 2. The third kappa shape index (κ3) is 6.97. The van der Waals surface area contributed by atoms with Crippen LogP contribution >= 0.6 is 0 Å². The molecule has 0 aromatic heterocycles. The van der Waals surface area contributed by atoms with Crippen molar-refractivity contribution in [3.05, 3.63) is 45.6 Å². The highest BCUT2D eigenvalue weighted by Crippen LogP contribution is 2.50. The number of nitrogens with zero attached hydrogens (tertiary/aromatic N) is 1. The monoisotopic (exact) mass is 634 g/mol. The van der Waals surface area contributed by atoms with E-state index in [4.69, 9.17) is 14.2 Å². The van der Waals surface area contributed by atoms with E-state index in [1.807, 2.05) is 26.0 Å². The highest BCUT2D eigenvalue weighted by Gasteiger charge is 2.34. The largest absolute Gasteiger partial charge is 0.493 e. The molecule has 2 heterocycles. The predicted octanol–water partition coefficient (Wildman–Crippen LogP) is 4.68. The standard InChI is InChI=1S/C36H50N4O6/c1-21(2)33(36(43)37-20-24-10-9-17-40-16-8-7-11-29(24)40)39-28-15-13-25-26(19-30(28)42)27(38-22(3)41)14-12-23-18-31(44-4)34(45-5)35(46-6)32(23)25/h13,15,18-19,21,24,27,29,33H,7-12,14,16-17,20H2,1-6H3,(H,37,43)(H,38,41)(H,39,42). The number of carbonyl (C=O) groups is 2. The number of aryl methyl sites for hydroxylation is 1. The van der Waals surface area contributed by atoms with Crippen LogP contribution in [0.25, 0.3) is 11.1 Å². The van der Waals surface area contributed by atoms with Crippen LogP contribution in [0.2, 0.25) is 0 Å². The van der Waals surface area contributed by atoms with Gasteiger partial charge in [-0.15, -0.1) is 0 Å². The maximum atomic E-state index is 13.9. The van der Waals surface area contributed by atoms with Crippen LogP contribution in [0.4, 0.5) is 5.69 Å². The summed E-state index contributed by atoms with van der Waals surface area (Å²) in [6.07, 6.45) is 7.19. The second-order valence-electron chi connectivity index (χ2n) is 13.2. The van der Waals surface area contributed by atoms with Gasteiger partial charge in [0, 0.05) is 25.1 Å². The normalized spacial score (nSPS) is 21.5. The Kier molecular flexibility index (Phi) is 10.8. The van der Waals surface area contributed by atoms with Crippen LogP contribution in [0.1, 0.15) is 76.5 Å². The van der Waals surface area contributed by atoms with Gasteiger partial charge in [-0.1, -0.05) is 26.3 Å². The highest BCUT2D eigenvalue weighted by molar-refractivity contribution is 5.86. The first-order chi connectivity index (χ1) is 22.2. The second kappa shape index (κ2) is 14.8. The molecular formula is C36H50N4O6. The van der Waals surface area contributed by atoms with Crippen LogP contribution in [0.5, 0.6) is 17.2 Å². The van der Waals surface area contributed by atoms with Crippen molar-refractivity contribution in [2.24, 2.45) is 11.8 Å². The van der Waals surface area contributed by atoms with Gasteiger partial charge in [0.25, 0.3) is 0 Å². The lowest BCUT2D eigenvalue weighted by Gasteiger charge is -2.44. The van der Waals surface area contributed by atoms with Crippen molar-refractivity contribution in [1.29, 1.82) is 0 Å². The maximum absolute atomic E-state index is 13.9. The maximum Gasteiger partial charge on any atom is 0.242 e. The van der Waals surface area contributed by atoms with E-state index in [1.54, 1.807) is 33.5 Å². The molecule has 0 radical (unpaired) electrons. The van der Waals surface area contributed by atoms with E-state index in [2.05, 4.69) is 20.9 Å². The number of carbonyl (C=O) groups excluding carboxylic acids is 2. The number of amides is 2. The van der Waals surface area contributed by atoms with Gasteiger partial charge in [0.15, 0.2) is 11.5 Å². The van der Waals surface area contributed by atoms with Gasteiger partial charge in [-0.25, -0.2) is 0 Å². The summed E-state index contributed by atoms with van der Waals surface area (Å²) in [5.41, 5.74) is 3.22. The summed E-state index contributed by atoms with van der Waals surface area (Å²) in [6, 6.07) is 6.66. The summed E-state index contributed by atoms with van der Waals surface area (Å²) in [6.45, 7) is 8.40. The molecule has 0 spiro atoms. The van der Waals surface area contributed by atoms with E-state index < -0.39 is 12.1 Å². The molecule has 3 N–H and O–H groups in total. The lowest BCUT2D eigenvalue weighted by atomic mass is 9.83. The molecule has 2 aromatic rings. The summed E-state index contributed by atoms with van der Waals surface area (Å²) in [5, 5.41) is 9.58. The Morgan fingerprint density at radius 3 is 2.41 bits per heavy atom. The van der Waals surface area contributed by atoms with Crippen LogP contribution in [0.15, 0.2) is 29.1 Å². The first-order valence-electron chi connectivity index (χ1n) is 16.7. The minimum Gasteiger partial charge on any atom is -0.493 e. The Labute approximate surface area is 272 Å². The molecule has 2 aromatic carbocycles. The van der Waals surface area contributed by atoms with Crippen LogP contribution in [0, 0.1) is 11.8 Å². The molecule has 46 heavy (non-hydrogen) atoms. The molecule has 5 rings (SSSR count). The van der Waals surface area contributed by atoms with Crippen molar-refractivity contribution < 1.29 is 23.8 Å². The van der Waals surface area contributed by atoms with E-state index >= 15 is 0 Å². The van der Waals surface area contributed by atoms with Crippen molar-refractivity contribution in [2.75, 3.05) is 46.3 Å². The molecule has 4 unspecified atom stereocenters. The van der Waals surface area contributed by atoms with E-state index in [-0.39, 0.29) is 23.2 Å². The molecule has 3 aliphatic rings. The molecule has 4 atom stereocenters. The number of anilines is 1. The first-order valence-corrected chi connectivity index (χ1v) is 16.7. The van der Waals surface area contributed by atoms with Gasteiger partial charge in [-0.2, -0.15) is 0 Å². The Balaban J connectivity index is 1.49. The zero-order valence-corrected chi connectivity index (χ0v) is 28.2. The van der Waals surface area contributed by atoms with Crippen LogP contribution in [-0.4, -0.2) is 69.8 Å². The Hall–Kier alpha value is -3.79. The van der Waals surface area contributed by atoms with Crippen LogP contribution in [0.3, 0.4) is 0 Å². The Bertz CT molecular complexity index is 1490. The Morgan fingerprint density at radius 2 is 1.72 bits per heavy atom. The van der Waals surface area contributed by atoms with E-state index in [1.165, 1.54) is 32.6 Å². The molecule has 1 aliphatic carbocycles. The van der Waals surface area contributed by atoms with Crippen molar-refractivity contribution in [2.45, 2.75) is 83.8 Å². The van der Waals surface area contributed by atoms with E-state index in [0.29, 0.717) is 59.8 Å². The highest BCUT2D eigenvalue weighted by atomic mass is 16.5. The average Bonchev–Trinajstić information content (AvgIpc) is 3.29. The molecular weight excluding hydrogens is 584 g/mol. The average molecular weight is 635 g/mol. The third-order valence-electron chi connectivity index (χ3n) is 9.94. The lowest BCUT2D eigenvalue weighted by molar-refractivity contribution is -0.123. The molecule has 10 heteroatoms. The van der Waals surface area contributed by atoms with Crippen molar-refractivity contribution in [3.63, 3.8) is 0 Å². The molecule has 2 fully saturated rings. The minimum absolute atomic E-state index is 0.0649. The number of fused-ring (bicyclic) bond motifs is 4. The molecule has 2 saturated heterocycles. The zero-order valence-electron chi connectivity index (χ0n) is 28.2. The summed E-state index contributed by atoms with van der Waals surface area (Å²) in [4.78, 5) is 42.4. The number of benzene rings is 1. The molecule has 0 bridgehead atoms. The summed E-state index contributed by atoms with van der Waals surface area (Å²) >= 11 is 0. The van der Waals surface area contributed by atoms with Crippen LogP contribution < -0.4 is 35.6 Å². The quantitative estimate of drug-likeness (QED) is 0.345. The van der Waals surface area contributed by atoms with Crippen molar-refractivity contribution >= 4 is 17.5 Å². The zero-order chi connectivity index (χ0) is 33.0. The first kappa shape index (κ1) is 33.6. The third-order valence-corrected chi connectivity index (χ3v) is 9.94. The molecule has 2 aliphatic heterocycles. The SMILES string of the molecule is COc1cc2c(c(OC)c1OC)-c1ccc(NC(C(=O)NCC3CCCN4CCCCC34)C(C)C)c(=O)cc1C(NC(C)=O)CC2. The number of hydrogen-bond acceptors (Lipinski definition) is 8. The van der Waals surface area contributed by atoms with Gasteiger partial charge >= 0.3 is 0 Å². The second-order valence-corrected chi connectivity index (χ2v) is 13.2. The van der Waals surface area contributed by atoms with E-state index in [9.17, 15) is 14.4 Å². The fourth-order valence-corrected chi connectivity index (χ4v) is 7.69. The van der Waals surface area contributed by atoms with Gasteiger partial charge < -0.3 is 35.1 Å². The smallest absolute Gasteiger partial charge is 0.242 e. The number of hydrogen-bond donors (Lipinski definition) is 3. The van der Waals surface area contributed by atoms with Crippen LogP contribution in [-0.2, 0) is 16.0 Å². The van der Waals surface area contributed by atoms with Crippen molar-refractivity contribution in [3.8, 4) is 28.4 Å². The minimum atomic E-state index is -0.599. The lowest BCUT2D eigenvalue weighted by Crippen LogP contribution is -2.52. The number of nitrogens with one attached hydrogen (secondary N) is 3. The van der Waals surface area contributed by atoms with E-state index in [0.717, 1.165) is 36.2 Å². The summed E-state index contributed by atoms with van der Waals surface area (Å²) < 4.78 is 17.2. The number of rotatable bonds is 10. The van der Waals surface area contributed by atoms with Gasteiger partial charge in [0.2, 0.25) is 23.0 Å². The topological polar surface area (TPSA) is 118 Å². The van der Waals surface area contributed by atoms with Gasteiger partial charge in [0.1, 0.15) is 6.04 Å². The molecule has 2 amide bonds. The van der Waals surface area contributed by atoms with Gasteiger partial charge in [-0.3, -0.25) is 14.4 Å². The Morgan fingerprint density at radius 1 is 0.957 bits per heavy atom. The molecule has 10 nitrogen and oxygen atoms in total. The van der Waals surface area contributed by atoms with Crippen molar-refractivity contribution in [1.82, 2.24) is 15.5 Å². The number of methoxy groups -OCH3 is 3. The fraction of sp³-hybridized carbons (Fsp3) is 0.583. The number of ether oxygens (including phenoxy) is 3. The van der Waals surface area contributed by atoms with Gasteiger partial charge in [-0.05, 0) is 98.3 Å². The fourth-order valence-electron chi connectivity index (χ4n) is 7.69. The molecule has 250 valence electrons. The summed E-state index contributed by atoms with van der Waals surface area (Å²) in [7, 11) is 4.72. The summed E-state index contributed by atoms with van der Waals surface area (Å²) in [5.74, 6) is 1.58. The van der Waals surface area contributed by atoms with Gasteiger partial charge in [0.05, 0.1) is 33.1 Å². The predicted molar refractivity (Wildman–Crippen MR) is 180 cm³/mol.